The van der Waals surface area contributed by atoms with Gasteiger partial charge in [0.05, 0.1) is 12.8 Å². The van der Waals surface area contributed by atoms with Gasteiger partial charge in [-0.3, -0.25) is 4.79 Å². The van der Waals surface area contributed by atoms with Crippen LogP contribution in [0.5, 0.6) is 11.5 Å². The predicted octanol–water partition coefficient (Wildman–Crippen LogP) is 2.55. The first-order valence-corrected chi connectivity index (χ1v) is 7.97. The lowest BCUT2D eigenvalue weighted by molar-refractivity contribution is 0.100. The lowest BCUT2D eigenvalue weighted by atomic mass is 10.1. The first-order valence-electron chi connectivity index (χ1n) is 7.97. The van der Waals surface area contributed by atoms with Gasteiger partial charge in [0, 0.05) is 11.1 Å². The molecule has 1 amide bonds. The highest BCUT2D eigenvalue weighted by Gasteiger charge is 2.24. The SMILES string of the molecule is COc1ccc(-c2nn(-c3c(C)ccc(O)c3C)c(N)c2C(N)=O)cc1. The Morgan fingerprint density at radius 3 is 2.38 bits per heavy atom. The van der Waals surface area contributed by atoms with Crippen molar-refractivity contribution in [2.75, 3.05) is 12.8 Å². The molecule has 1 aromatic heterocycles. The van der Waals surface area contributed by atoms with Crippen molar-refractivity contribution in [2.24, 2.45) is 5.73 Å². The number of hydrogen-bond donors (Lipinski definition) is 3. The Hall–Kier alpha value is -3.48. The Morgan fingerprint density at radius 2 is 1.81 bits per heavy atom. The number of nitrogens with zero attached hydrogens (tertiary/aromatic N) is 2. The van der Waals surface area contributed by atoms with Gasteiger partial charge in [-0.05, 0) is 49.7 Å². The monoisotopic (exact) mass is 352 g/mol. The van der Waals surface area contributed by atoms with E-state index >= 15 is 0 Å². The molecule has 0 radical (unpaired) electrons. The van der Waals surface area contributed by atoms with Gasteiger partial charge in [-0.15, -0.1) is 0 Å². The third kappa shape index (κ3) is 2.73. The Balaban J connectivity index is 2.27. The van der Waals surface area contributed by atoms with Crippen molar-refractivity contribution in [1.82, 2.24) is 9.78 Å². The molecule has 2 aromatic carbocycles. The Morgan fingerprint density at radius 1 is 1.15 bits per heavy atom. The molecule has 3 aromatic rings. The summed E-state index contributed by atoms with van der Waals surface area (Å²) in [5.74, 6) is 0.253. The molecule has 0 spiro atoms. The van der Waals surface area contributed by atoms with Crippen LogP contribution in [0.3, 0.4) is 0 Å². The number of carbonyl (C=O) groups excluding carboxylic acids is 1. The average Bonchev–Trinajstić information content (AvgIpc) is 2.96. The minimum atomic E-state index is -0.671. The summed E-state index contributed by atoms with van der Waals surface area (Å²) in [5, 5.41) is 14.6. The molecule has 0 fully saturated rings. The Kier molecular flexibility index (Phi) is 4.29. The highest BCUT2D eigenvalue weighted by Crippen LogP contribution is 2.34. The fraction of sp³-hybridized carbons (Fsp3) is 0.158. The van der Waals surface area contributed by atoms with E-state index in [4.69, 9.17) is 16.2 Å². The largest absolute Gasteiger partial charge is 0.508 e. The van der Waals surface area contributed by atoms with Crippen LogP contribution in [0.1, 0.15) is 21.5 Å². The van der Waals surface area contributed by atoms with Gasteiger partial charge in [-0.2, -0.15) is 5.10 Å². The van der Waals surface area contributed by atoms with Crippen molar-refractivity contribution < 1.29 is 14.6 Å². The van der Waals surface area contributed by atoms with Gasteiger partial charge in [-0.1, -0.05) is 6.07 Å². The number of aromatic nitrogens is 2. The molecule has 0 saturated heterocycles. The van der Waals surface area contributed by atoms with E-state index in [1.54, 1.807) is 50.4 Å². The van der Waals surface area contributed by atoms with E-state index in [2.05, 4.69) is 5.10 Å². The first kappa shape index (κ1) is 17.3. The number of nitrogens with two attached hydrogens (primary N) is 2. The number of primary amides is 1. The number of anilines is 1. The van der Waals surface area contributed by atoms with Crippen molar-refractivity contribution in [3.63, 3.8) is 0 Å². The van der Waals surface area contributed by atoms with Crippen molar-refractivity contribution >= 4 is 11.7 Å². The van der Waals surface area contributed by atoms with Crippen LogP contribution in [-0.4, -0.2) is 27.9 Å². The lowest BCUT2D eigenvalue weighted by Crippen LogP contribution is -2.14. The third-order valence-electron chi connectivity index (χ3n) is 4.35. The molecule has 134 valence electrons. The van der Waals surface area contributed by atoms with Crippen molar-refractivity contribution in [2.45, 2.75) is 13.8 Å². The maximum atomic E-state index is 12.0. The van der Waals surface area contributed by atoms with E-state index in [-0.39, 0.29) is 17.1 Å². The first-order chi connectivity index (χ1) is 12.3. The van der Waals surface area contributed by atoms with Gasteiger partial charge >= 0.3 is 0 Å². The summed E-state index contributed by atoms with van der Waals surface area (Å²) in [7, 11) is 1.57. The van der Waals surface area contributed by atoms with E-state index in [1.165, 1.54) is 4.68 Å². The van der Waals surface area contributed by atoms with Crippen LogP contribution in [0.15, 0.2) is 36.4 Å². The number of aromatic hydroxyl groups is 1. The molecule has 0 bridgehead atoms. The van der Waals surface area contributed by atoms with Crippen LogP contribution in [0.25, 0.3) is 16.9 Å². The zero-order chi connectivity index (χ0) is 19.0. The summed E-state index contributed by atoms with van der Waals surface area (Å²) in [6.07, 6.45) is 0. The van der Waals surface area contributed by atoms with Gasteiger partial charge in [0.1, 0.15) is 28.6 Å². The summed E-state index contributed by atoms with van der Waals surface area (Å²) in [6, 6.07) is 10.4. The smallest absolute Gasteiger partial charge is 0.254 e. The van der Waals surface area contributed by atoms with Gasteiger partial charge in [0.2, 0.25) is 0 Å². The summed E-state index contributed by atoms with van der Waals surface area (Å²) >= 11 is 0. The second-order valence-corrected chi connectivity index (χ2v) is 5.99. The molecular formula is C19H20N4O3. The van der Waals surface area contributed by atoms with E-state index in [9.17, 15) is 9.90 Å². The number of phenols is 1. The van der Waals surface area contributed by atoms with E-state index in [0.717, 1.165) is 5.56 Å². The number of ether oxygens (including phenoxy) is 1. The maximum Gasteiger partial charge on any atom is 0.254 e. The molecule has 26 heavy (non-hydrogen) atoms. The topological polar surface area (TPSA) is 116 Å². The van der Waals surface area contributed by atoms with Crippen LogP contribution in [-0.2, 0) is 0 Å². The Bertz CT molecular complexity index is 991. The van der Waals surface area contributed by atoms with Gasteiger partial charge in [0.25, 0.3) is 5.91 Å². The second-order valence-electron chi connectivity index (χ2n) is 5.99. The van der Waals surface area contributed by atoms with Crippen LogP contribution >= 0.6 is 0 Å². The highest BCUT2D eigenvalue weighted by molar-refractivity contribution is 6.03. The number of hydrogen-bond acceptors (Lipinski definition) is 5. The number of aryl methyl sites for hydroxylation is 1. The van der Waals surface area contributed by atoms with Gasteiger partial charge in [-0.25, -0.2) is 4.68 Å². The van der Waals surface area contributed by atoms with Crippen LogP contribution in [0, 0.1) is 13.8 Å². The molecule has 3 rings (SSSR count). The zero-order valence-electron chi connectivity index (χ0n) is 14.8. The number of amides is 1. The fourth-order valence-corrected chi connectivity index (χ4v) is 2.95. The molecule has 7 nitrogen and oxygen atoms in total. The molecule has 1 heterocycles. The fourth-order valence-electron chi connectivity index (χ4n) is 2.95. The summed E-state index contributed by atoms with van der Waals surface area (Å²) in [5.41, 5.74) is 15.0. The number of methoxy groups -OCH3 is 1. The van der Waals surface area contributed by atoms with Gasteiger partial charge in [0.15, 0.2) is 0 Å². The predicted molar refractivity (Wildman–Crippen MR) is 99.6 cm³/mol. The third-order valence-corrected chi connectivity index (χ3v) is 4.35. The van der Waals surface area contributed by atoms with E-state index in [0.29, 0.717) is 28.3 Å². The minimum absolute atomic E-state index is 0.118. The molecule has 0 atom stereocenters. The summed E-state index contributed by atoms with van der Waals surface area (Å²) < 4.78 is 6.60. The molecule has 5 N–H and O–H groups in total. The number of phenolic OH excluding ortho intramolecular Hbond substituents is 1. The van der Waals surface area contributed by atoms with Crippen LogP contribution in [0.2, 0.25) is 0 Å². The summed E-state index contributed by atoms with van der Waals surface area (Å²) in [6.45, 7) is 3.63. The molecule has 7 heteroatoms. The number of rotatable bonds is 4. The molecule has 0 aliphatic rings. The lowest BCUT2D eigenvalue weighted by Gasteiger charge is -2.12. The summed E-state index contributed by atoms with van der Waals surface area (Å²) in [4.78, 5) is 12.0. The van der Waals surface area contributed by atoms with Crippen molar-refractivity contribution in [3.8, 4) is 28.4 Å². The highest BCUT2D eigenvalue weighted by atomic mass is 16.5. The van der Waals surface area contributed by atoms with Crippen molar-refractivity contribution in [1.29, 1.82) is 0 Å². The quantitative estimate of drug-likeness (QED) is 0.667. The molecule has 0 aliphatic heterocycles. The standard InChI is InChI=1S/C19H20N4O3/c1-10-4-9-14(24)11(2)17(10)23-18(20)15(19(21)25)16(22-23)12-5-7-13(26-3)8-6-12/h4-9,24H,20H2,1-3H3,(H2,21,25). The Labute approximate surface area is 150 Å². The second kappa shape index (κ2) is 6.44. The van der Waals surface area contributed by atoms with Gasteiger partial charge < -0.3 is 21.3 Å². The van der Waals surface area contributed by atoms with E-state index in [1.807, 2.05) is 6.92 Å². The van der Waals surface area contributed by atoms with E-state index < -0.39 is 5.91 Å². The molecule has 0 unspecified atom stereocenters. The van der Waals surface area contributed by atoms with Crippen molar-refractivity contribution in [3.05, 3.63) is 53.1 Å². The van der Waals surface area contributed by atoms with Crippen LogP contribution in [0.4, 0.5) is 5.82 Å². The normalized spacial score (nSPS) is 10.7. The van der Waals surface area contributed by atoms with Crippen LogP contribution < -0.4 is 16.2 Å². The average molecular weight is 352 g/mol. The molecular weight excluding hydrogens is 332 g/mol. The number of nitrogen functional groups attached to an aromatic ring is 1. The number of carbonyl (C=O) groups is 1. The minimum Gasteiger partial charge on any atom is -0.508 e. The number of benzene rings is 2. The maximum absolute atomic E-state index is 12.0. The molecule has 0 saturated carbocycles. The zero-order valence-corrected chi connectivity index (χ0v) is 14.8. The molecule has 0 aliphatic carbocycles.